The summed E-state index contributed by atoms with van der Waals surface area (Å²) in [6.45, 7) is 0.478. The number of nitrogens with zero attached hydrogens (tertiary/aromatic N) is 1. The van der Waals surface area contributed by atoms with Gasteiger partial charge in [0.15, 0.2) is 11.5 Å². The Labute approximate surface area is 128 Å². The molecule has 0 aliphatic carbocycles. The molecule has 1 aliphatic heterocycles. The Morgan fingerprint density at radius 1 is 1.27 bits per heavy atom. The summed E-state index contributed by atoms with van der Waals surface area (Å²) in [7, 11) is 3.09. The van der Waals surface area contributed by atoms with Crippen molar-refractivity contribution in [2.24, 2.45) is 0 Å². The van der Waals surface area contributed by atoms with E-state index in [-0.39, 0.29) is 5.91 Å². The van der Waals surface area contributed by atoms with E-state index >= 15 is 0 Å². The van der Waals surface area contributed by atoms with E-state index in [1.807, 2.05) is 0 Å². The lowest BCUT2D eigenvalue weighted by Gasteiger charge is -2.19. The zero-order valence-electron chi connectivity index (χ0n) is 12.6. The molecule has 1 saturated heterocycles. The molecule has 1 amide bonds. The number of rotatable bonds is 5. The van der Waals surface area contributed by atoms with E-state index < -0.39 is 12.0 Å². The van der Waals surface area contributed by atoms with Crippen molar-refractivity contribution in [3.63, 3.8) is 0 Å². The summed E-state index contributed by atoms with van der Waals surface area (Å²) in [6, 6.07) is 4.58. The molecule has 118 valence electrons. The molecule has 0 aromatic heterocycles. The second kappa shape index (κ2) is 6.98. The van der Waals surface area contributed by atoms with Gasteiger partial charge in [-0.2, -0.15) is 0 Å². The van der Waals surface area contributed by atoms with Gasteiger partial charge in [-0.1, -0.05) is 6.07 Å². The monoisotopic (exact) mass is 305 g/mol. The van der Waals surface area contributed by atoms with Crippen LogP contribution >= 0.6 is 0 Å². The van der Waals surface area contributed by atoms with Gasteiger partial charge in [0.25, 0.3) is 0 Å². The van der Waals surface area contributed by atoms with Crippen LogP contribution in [0.4, 0.5) is 0 Å². The lowest BCUT2D eigenvalue weighted by molar-refractivity contribution is -0.146. The maximum atomic E-state index is 12.1. The highest BCUT2D eigenvalue weighted by molar-refractivity contribution is 5.94. The molecular weight excluding hydrogens is 286 g/mol. The largest absolute Gasteiger partial charge is 0.493 e. The number of carbonyl (C=O) groups is 2. The van der Waals surface area contributed by atoms with Gasteiger partial charge in [-0.25, -0.2) is 4.79 Å². The molecule has 2 rings (SSSR count). The highest BCUT2D eigenvalue weighted by Crippen LogP contribution is 2.28. The van der Waals surface area contributed by atoms with Crippen molar-refractivity contribution in [3.05, 3.63) is 29.8 Å². The number of carboxylic acid groups (broad SMARTS) is 1. The van der Waals surface area contributed by atoms with Crippen LogP contribution in [0.25, 0.3) is 6.08 Å². The number of methoxy groups -OCH3 is 2. The van der Waals surface area contributed by atoms with E-state index in [2.05, 4.69) is 0 Å². The first kappa shape index (κ1) is 15.9. The second-order valence-corrected chi connectivity index (χ2v) is 4.98. The third-order valence-electron chi connectivity index (χ3n) is 3.65. The molecule has 1 heterocycles. The van der Waals surface area contributed by atoms with E-state index in [9.17, 15) is 9.59 Å². The Morgan fingerprint density at radius 3 is 2.64 bits per heavy atom. The van der Waals surface area contributed by atoms with Crippen LogP contribution in [-0.4, -0.2) is 48.7 Å². The van der Waals surface area contributed by atoms with Crippen LogP contribution in [0.1, 0.15) is 18.4 Å². The average molecular weight is 305 g/mol. The minimum Gasteiger partial charge on any atom is -0.493 e. The number of ether oxygens (including phenoxy) is 2. The topological polar surface area (TPSA) is 76.1 Å². The van der Waals surface area contributed by atoms with Crippen molar-refractivity contribution in [3.8, 4) is 11.5 Å². The number of hydrogen-bond acceptors (Lipinski definition) is 4. The molecule has 0 radical (unpaired) electrons. The number of carboxylic acids is 1. The number of aliphatic carboxylic acids is 1. The molecule has 1 unspecified atom stereocenters. The number of likely N-dealkylation sites (tertiary alicyclic amines) is 1. The molecule has 1 atom stereocenters. The molecule has 1 aromatic carbocycles. The summed E-state index contributed by atoms with van der Waals surface area (Å²) in [5.41, 5.74) is 0.775. The third kappa shape index (κ3) is 3.39. The predicted octanol–water partition coefficient (Wildman–Crippen LogP) is 1.79. The molecule has 1 aromatic rings. The molecular formula is C16H19NO5. The van der Waals surface area contributed by atoms with Crippen molar-refractivity contribution in [2.75, 3.05) is 20.8 Å². The molecule has 22 heavy (non-hydrogen) atoms. The lowest BCUT2D eigenvalue weighted by atomic mass is 10.1. The maximum Gasteiger partial charge on any atom is 0.326 e. The predicted molar refractivity (Wildman–Crippen MR) is 81.0 cm³/mol. The molecule has 1 aliphatic rings. The molecule has 1 fully saturated rings. The number of carbonyl (C=O) groups excluding carboxylic acids is 1. The molecule has 0 saturated carbocycles. The first-order valence-corrected chi connectivity index (χ1v) is 7.00. The molecule has 6 heteroatoms. The van der Waals surface area contributed by atoms with Gasteiger partial charge in [-0.15, -0.1) is 0 Å². The minimum atomic E-state index is -0.953. The van der Waals surface area contributed by atoms with E-state index in [1.165, 1.54) is 18.1 Å². The minimum absolute atomic E-state index is 0.292. The van der Waals surface area contributed by atoms with Gasteiger partial charge in [-0.05, 0) is 36.6 Å². The van der Waals surface area contributed by atoms with Gasteiger partial charge >= 0.3 is 5.97 Å². The summed E-state index contributed by atoms with van der Waals surface area (Å²) in [6.07, 6.45) is 4.25. The number of amides is 1. The number of hydrogen-bond donors (Lipinski definition) is 1. The van der Waals surface area contributed by atoms with Crippen LogP contribution in [0.2, 0.25) is 0 Å². The number of benzene rings is 1. The van der Waals surface area contributed by atoms with Gasteiger partial charge < -0.3 is 19.5 Å². The molecule has 0 bridgehead atoms. The first-order valence-electron chi connectivity index (χ1n) is 7.00. The van der Waals surface area contributed by atoms with Gasteiger partial charge in [0, 0.05) is 12.6 Å². The fourth-order valence-electron chi connectivity index (χ4n) is 2.51. The zero-order valence-corrected chi connectivity index (χ0v) is 12.6. The summed E-state index contributed by atoms with van der Waals surface area (Å²) in [5, 5.41) is 9.10. The zero-order chi connectivity index (χ0) is 16.1. The molecule has 1 N–H and O–H groups in total. The van der Waals surface area contributed by atoms with Crippen LogP contribution < -0.4 is 9.47 Å². The SMILES string of the molecule is COc1ccc(/C=C/C(=O)N2CCCC2C(=O)O)cc1OC. The van der Waals surface area contributed by atoms with Crippen molar-refractivity contribution >= 4 is 18.0 Å². The first-order chi connectivity index (χ1) is 10.6. The maximum absolute atomic E-state index is 12.1. The van der Waals surface area contributed by atoms with Crippen LogP contribution in [0.5, 0.6) is 11.5 Å². The van der Waals surface area contributed by atoms with Crippen molar-refractivity contribution in [1.82, 2.24) is 4.90 Å². The van der Waals surface area contributed by atoms with Crippen LogP contribution in [0, 0.1) is 0 Å². The summed E-state index contributed by atoms with van der Waals surface area (Å²) >= 11 is 0. The fourth-order valence-corrected chi connectivity index (χ4v) is 2.51. The summed E-state index contributed by atoms with van der Waals surface area (Å²) in [4.78, 5) is 24.6. The quantitative estimate of drug-likeness (QED) is 0.839. The Morgan fingerprint density at radius 2 is 2.00 bits per heavy atom. The van der Waals surface area contributed by atoms with Crippen molar-refractivity contribution in [2.45, 2.75) is 18.9 Å². The molecule has 6 nitrogen and oxygen atoms in total. The highest BCUT2D eigenvalue weighted by Gasteiger charge is 2.32. The third-order valence-corrected chi connectivity index (χ3v) is 3.65. The van der Waals surface area contributed by atoms with Gasteiger partial charge in [0.1, 0.15) is 6.04 Å². The summed E-state index contributed by atoms with van der Waals surface area (Å²) < 4.78 is 10.3. The lowest BCUT2D eigenvalue weighted by Crippen LogP contribution is -2.39. The Balaban J connectivity index is 2.11. The Bertz CT molecular complexity index is 596. The van der Waals surface area contributed by atoms with Crippen LogP contribution in [0.15, 0.2) is 24.3 Å². The van der Waals surface area contributed by atoms with Crippen LogP contribution in [0.3, 0.4) is 0 Å². The smallest absolute Gasteiger partial charge is 0.326 e. The average Bonchev–Trinajstić information content (AvgIpc) is 3.02. The fraction of sp³-hybridized carbons (Fsp3) is 0.375. The van der Waals surface area contributed by atoms with E-state index in [0.29, 0.717) is 30.9 Å². The standard InChI is InChI=1S/C16H19NO5/c1-21-13-7-5-11(10-14(13)22-2)6-8-15(18)17-9-3-4-12(17)16(19)20/h5-8,10,12H,3-4,9H2,1-2H3,(H,19,20)/b8-6+. The van der Waals surface area contributed by atoms with E-state index in [0.717, 1.165) is 5.56 Å². The second-order valence-electron chi connectivity index (χ2n) is 4.98. The van der Waals surface area contributed by atoms with Gasteiger partial charge in [0.05, 0.1) is 14.2 Å². The molecule has 0 spiro atoms. The highest BCUT2D eigenvalue weighted by atomic mass is 16.5. The Kier molecular flexibility index (Phi) is 5.04. The van der Waals surface area contributed by atoms with E-state index in [1.54, 1.807) is 31.4 Å². The normalized spacial score (nSPS) is 17.7. The van der Waals surface area contributed by atoms with Gasteiger partial charge in [-0.3, -0.25) is 4.79 Å². The van der Waals surface area contributed by atoms with Crippen molar-refractivity contribution in [1.29, 1.82) is 0 Å². The van der Waals surface area contributed by atoms with Gasteiger partial charge in [0.2, 0.25) is 5.91 Å². The Hall–Kier alpha value is -2.50. The van der Waals surface area contributed by atoms with Crippen molar-refractivity contribution < 1.29 is 24.2 Å². The van der Waals surface area contributed by atoms with E-state index in [4.69, 9.17) is 14.6 Å². The van der Waals surface area contributed by atoms with Crippen LogP contribution in [-0.2, 0) is 9.59 Å². The summed E-state index contributed by atoms with van der Waals surface area (Å²) in [5.74, 6) is -0.0665.